The third-order valence-electron chi connectivity index (χ3n) is 2.43. The molecule has 2 aromatic rings. The number of para-hydroxylation sites is 1. The van der Waals surface area contributed by atoms with Crippen molar-refractivity contribution in [2.45, 2.75) is 5.75 Å². The van der Waals surface area contributed by atoms with Crippen LogP contribution in [0.15, 0.2) is 60.7 Å². The highest BCUT2D eigenvalue weighted by Crippen LogP contribution is 2.12. The van der Waals surface area contributed by atoms with Crippen LogP contribution in [0.5, 0.6) is 5.75 Å². The number of benzene rings is 2. The van der Waals surface area contributed by atoms with E-state index in [4.69, 9.17) is 4.74 Å². The summed E-state index contributed by atoms with van der Waals surface area (Å²) in [5.74, 6) is 2.84. The Morgan fingerprint density at radius 3 is 2.12 bits per heavy atom. The fourth-order valence-corrected chi connectivity index (χ4v) is 2.77. The van der Waals surface area contributed by atoms with Crippen molar-refractivity contribution >= 4 is 10.9 Å². The molecule has 17 heavy (non-hydrogen) atoms. The summed E-state index contributed by atoms with van der Waals surface area (Å²) in [5.41, 5.74) is 1.38. The minimum Gasteiger partial charge on any atom is -0.449 e. The summed E-state index contributed by atoms with van der Waals surface area (Å²) < 4.78 is 5.75. The number of rotatable bonds is 5. The van der Waals surface area contributed by atoms with Crippen molar-refractivity contribution in [1.82, 2.24) is 0 Å². The van der Waals surface area contributed by atoms with Crippen LogP contribution in [0, 0.1) is 0 Å². The molecule has 0 bridgehead atoms. The zero-order valence-electron chi connectivity index (χ0n) is 10.0. The van der Waals surface area contributed by atoms with Crippen LogP contribution in [-0.2, 0) is 16.6 Å². The molecule has 0 aromatic heterocycles. The molecule has 1 unspecified atom stereocenters. The largest absolute Gasteiger partial charge is 0.449 e. The van der Waals surface area contributed by atoms with Gasteiger partial charge in [-0.05, 0) is 12.1 Å². The molecule has 0 spiro atoms. The zero-order valence-corrected chi connectivity index (χ0v) is 10.8. The van der Waals surface area contributed by atoms with Crippen molar-refractivity contribution in [2.75, 3.05) is 12.2 Å². The van der Waals surface area contributed by atoms with Gasteiger partial charge in [0.15, 0.2) is 0 Å². The molecule has 0 saturated heterocycles. The molecule has 0 aliphatic rings. The predicted octanol–water partition coefficient (Wildman–Crippen LogP) is 3.47. The maximum absolute atomic E-state index is 5.75. The Bertz CT molecular complexity index is 427. The lowest BCUT2D eigenvalue weighted by molar-refractivity contribution is 0.390. The predicted molar refractivity (Wildman–Crippen MR) is 75.4 cm³/mol. The van der Waals surface area contributed by atoms with Gasteiger partial charge in [-0.1, -0.05) is 48.5 Å². The van der Waals surface area contributed by atoms with E-state index in [1.54, 1.807) is 0 Å². The highest BCUT2D eigenvalue weighted by Gasteiger charge is 2.12. The van der Waals surface area contributed by atoms with Crippen molar-refractivity contribution in [3.63, 3.8) is 0 Å². The maximum atomic E-state index is 5.75. The fraction of sp³-hybridized carbons (Fsp3) is 0.200. The van der Waals surface area contributed by atoms with Gasteiger partial charge >= 0.3 is 0 Å². The third kappa shape index (κ3) is 4.16. The van der Waals surface area contributed by atoms with Crippen LogP contribution in [-0.4, -0.2) is 12.2 Å². The second-order valence-corrected chi connectivity index (χ2v) is 6.07. The quantitative estimate of drug-likeness (QED) is 0.733. The summed E-state index contributed by atoms with van der Waals surface area (Å²) in [4.78, 5) is 0. The van der Waals surface area contributed by atoms with Gasteiger partial charge in [0.05, 0.1) is 0 Å². The second-order valence-electron chi connectivity index (χ2n) is 3.99. The molecule has 88 valence electrons. The molecule has 0 saturated carbocycles. The van der Waals surface area contributed by atoms with Crippen molar-refractivity contribution in [1.29, 1.82) is 0 Å². The van der Waals surface area contributed by atoms with E-state index in [-0.39, 0.29) is 10.9 Å². The van der Waals surface area contributed by atoms with Gasteiger partial charge in [-0.15, -0.1) is 0 Å². The van der Waals surface area contributed by atoms with E-state index in [1.807, 2.05) is 30.3 Å². The van der Waals surface area contributed by atoms with Crippen molar-refractivity contribution in [3.05, 3.63) is 66.2 Å². The van der Waals surface area contributed by atoms with E-state index in [2.05, 4.69) is 36.6 Å². The SMILES string of the molecule is C[S+](COc1ccccc1)Cc1ccccc1. The van der Waals surface area contributed by atoms with Crippen LogP contribution in [0.3, 0.4) is 0 Å². The van der Waals surface area contributed by atoms with Crippen LogP contribution < -0.4 is 4.74 Å². The number of hydrogen-bond acceptors (Lipinski definition) is 1. The highest BCUT2D eigenvalue weighted by atomic mass is 32.2. The summed E-state index contributed by atoms with van der Waals surface area (Å²) in [7, 11) is 0.256. The van der Waals surface area contributed by atoms with Crippen LogP contribution in [0.2, 0.25) is 0 Å². The van der Waals surface area contributed by atoms with E-state index in [1.165, 1.54) is 5.56 Å². The minimum absolute atomic E-state index is 0.256. The summed E-state index contributed by atoms with van der Waals surface area (Å²) in [6, 6.07) is 20.6. The molecule has 1 nitrogen and oxygen atoms in total. The molecule has 0 amide bonds. The highest BCUT2D eigenvalue weighted by molar-refractivity contribution is 7.95. The lowest BCUT2D eigenvalue weighted by atomic mass is 10.2. The molecule has 0 radical (unpaired) electrons. The average Bonchev–Trinajstić information content (AvgIpc) is 2.39. The Labute approximate surface area is 106 Å². The van der Waals surface area contributed by atoms with Gasteiger partial charge in [0.2, 0.25) is 5.94 Å². The van der Waals surface area contributed by atoms with E-state index in [0.29, 0.717) is 0 Å². The molecule has 1 atom stereocenters. The molecule has 0 N–H and O–H groups in total. The van der Waals surface area contributed by atoms with E-state index < -0.39 is 0 Å². The fourth-order valence-electron chi connectivity index (χ4n) is 1.59. The van der Waals surface area contributed by atoms with Gasteiger partial charge in [0.1, 0.15) is 17.8 Å². The molecule has 0 fully saturated rings. The van der Waals surface area contributed by atoms with Gasteiger partial charge in [-0.2, -0.15) is 0 Å². The first-order chi connectivity index (χ1) is 8.34. The standard InChI is InChI=1S/C15H17OS/c1-17(12-14-8-4-2-5-9-14)13-16-15-10-6-3-7-11-15/h2-11H,12-13H2,1H3/q+1. The Morgan fingerprint density at radius 1 is 0.882 bits per heavy atom. The Hall–Kier alpha value is -1.41. The molecule has 2 rings (SSSR count). The molecule has 2 heteroatoms. The van der Waals surface area contributed by atoms with Crippen LogP contribution in [0.4, 0.5) is 0 Å². The van der Waals surface area contributed by atoms with Gasteiger partial charge in [0, 0.05) is 16.5 Å². The van der Waals surface area contributed by atoms with Crippen LogP contribution >= 0.6 is 0 Å². The number of ether oxygens (including phenoxy) is 1. The topological polar surface area (TPSA) is 9.23 Å². The first kappa shape index (κ1) is 12.1. The lowest BCUT2D eigenvalue weighted by Gasteiger charge is -2.06. The molecular formula is C15H17OS+. The smallest absolute Gasteiger partial charge is 0.247 e. The zero-order chi connectivity index (χ0) is 11.9. The third-order valence-corrected chi connectivity index (χ3v) is 3.77. The summed E-state index contributed by atoms with van der Waals surface area (Å²) in [6.45, 7) is 0. The normalized spacial score (nSPS) is 12.1. The summed E-state index contributed by atoms with van der Waals surface area (Å²) in [6.07, 6.45) is 2.25. The lowest BCUT2D eigenvalue weighted by Crippen LogP contribution is -2.13. The average molecular weight is 245 g/mol. The summed E-state index contributed by atoms with van der Waals surface area (Å²) in [5, 5.41) is 0. The van der Waals surface area contributed by atoms with E-state index in [0.717, 1.165) is 17.4 Å². The monoisotopic (exact) mass is 245 g/mol. The second kappa shape index (κ2) is 6.36. The minimum atomic E-state index is 0.256. The molecule has 0 aliphatic heterocycles. The van der Waals surface area contributed by atoms with Gasteiger partial charge < -0.3 is 4.74 Å². The van der Waals surface area contributed by atoms with Gasteiger partial charge in [-0.3, -0.25) is 0 Å². The van der Waals surface area contributed by atoms with Crippen LogP contribution in [0.25, 0.3) is 0 Å². The van der Waals surface area contributed by atoms with Crippen molar-refractivity contribution in [2.24, 2.45) is 0 Å². The Balaban J connectivity index is 1.80. The molecule has 0 aliphatic carbocycles. The van der Waals surface area contributed by atoms with Crippen LogP contribution in [0.1, 0.15) is 5.56 Å². The van der Waals surface area contributed by atoms with E-state index >= 15 is 0 Å². The first-order valence-electron chi connectivity index (χ1n) is 5.65. The van der Waals surface area contributed by atoms with Crippen molar-refractivity contribution in [3.8, 4) is 5.75 Å². The molecular weight excluding hydrogens is 228 g/mol. The number of hydrogen-bond donors (Lipinski definition) is 0. The van der Waals surface area contributed by atoms with E-state index in [9.17, 15) is 0 Å². The Morgan fingerprint density at radius 2 is 1.47 bits per heavy atom. The first-order valence-corrected chi connectivity index (χ1v) is 7.62. The Kier molecular flexibility index (Phi) is 4.51. The molecule has 2 aromatic carbocycles. The summed E-state index contributed by atoms with van der Waals surface area (Å²) >= 11 is 0. The van der Waals surface area contributed by atoms with Crippen molar-refractivity contribution < 1.29 is 4.74 Å². The van der Waals surface area contributed by atoms with Gasteiger partial charge in [-0.25, -0.2) is 0 Å². The van der Waals surface area contributed by atoms with Gasteiger partial charge in [0.25, 0.3) is 0 Å². The molecule has 0 heterocycles. The maximum Gasteiger partial charge on any atom is 0.247 e.